The zero-order valence-corrected chi connectivity index (χ0v) is 9.67. The lowest BCUT2D eigenvalue weighted by molar-refractivity contribution is 0.0188. The largest absolute Gasteiger partial charge is 0.393 e. The summed E-state index contributed by atoms with van der Waals surface area (Å²) in [5, 5.41) is 4.27. The lowest BCUT2D eigenvalue weighted by Gasteiger charge is -2.32. The van der Waals surface area contributed by atoms with Crippen molar-refractivity contribution in [3.63, 3.8) is 0 Å². The van der Waals surface area contributed by atoms with Gasteiger partial charge < -0.3 is 10.6 Å². The molecule has 0 aromatic carbocycles. The second kappa shape index (κ2) is 4.52. The minimum atomic E-state index is 0.0281. The van der Waals surface area contributed by atoms with E-state index in [4.69, 9.17) is 10.6 Å². The van der Waals surface area contributed by atoms with Gasteiger partial charge in [-0.3, -0.25) is 0 Å². The zero-order valence-electron chi connectivity index (χ0n) is 9.67. The van der Waals surface area contributed by atoms with Crippen LogP contribution in [0.2, 0.25) is 0 Å². The molecule has 2 rings (SSSR count). The van der Waals surface area contributed by atoms with Crippen molar-refractivity contribution in [2.45, 2.75) is 69.9 Å². The summed E-state index contributed by atoms with van der Waals surface area (Å²) in [6, 6.07) is 0. The third-order valence-electron chi connectivity index (χ3n) is 3.59. The van der Waals surface area contributed by atoms with Crippen LogP contribution in [0.1, 0.15) is 58.3 Å². The van der Waals surface area contributed by atoms with E-state index < -0.39 is 0 Å². The van der Waals surface area contributed by atoms with Crippen LogP contribution in [0.4, 0.5) is 0 Å². The van der Waals surface area contributed by atoms with Crippen LogP contribution in [0.25, 0.3) is 0 Å². The molecule has 0 saturated heterocycles. The molecule has 2 aliphatic rings. The second-order valence-corrected chi connectivity index (χ2v) is 5.32. The molecule has 0 unspecified atom stereocenters. The molecule has 3 nitrogen and oxygen atoms in total. The summed E-state index contributed by atoms with van der Waals surface area (Å²) < 4.78 is 0. The minimum absolute atomic E-state index is 0.0281. The average molecular weight is 210 g/mol. The van der Waals surface area contributed by atoms with Gasteiger partial charge in [0.25, 0.3) is 0 Å². The van der Waals surface area contributed by atoms with E-state index in [-0.39, 0.29) is 5.54 Å². The Morgan fingerprint density at radius 2 is 1.87 bits per heavy atom. The fourth-order valence-electron chi connectivity index (χ4n) is 2.38. The molecule has 0 aliphatic heterocycles. The highest BCUT2D eigenvalue weighted by molar-refractivity contribution is 5.85. The monoisotopic (exact) mass is 210 g/mol. The first-order valence-electron chi connectivity index (χ1n) is 6.16. The Morgan fingerprint density at radius 1 is 1.27 bits per heavy atom. The van der Waals surface area contributed by atoms with Crippen LogP contribution < -0.4 is 5.73 Å². The van der Waals surface area contributed by atoms with Gasteiger partial charge in [0.2, 0.25) is 0 Å². The summed E-state index contributed by atoms with van der Waals surface area (Å²) in [7, 11) is 0. The van der Waals surface area contributed by atoms with Crippen molar-refractivity contribution in [1.82, 2.24) is 0 Å². The van der Waals surface area contributed by atoms with Gasteiger partial charge >= 0.3 is 0 Å². The van der Waals surface area contributed by atoms with Crippen molar-refractivity contribution in [2.75, 3.05) is 0 Å². The van der Waals surface area contributed by atoms with Gasteiger partial charge in [-0.1, -0.05) is 5.16 Å². The molecule has 3 heteroatoms. The van der Waals surface area contributed by atoms with Crippen molar-refractivity contribution >= 4 is 5.71 Å². The second-order valence-electron chi connectivity index (χ2n) is 5.32. The molecular formula is C12H22N2O. The summed E-state index contributed by atoms with van der Waals surface area (Å²) in [6.07, 6.45) is 9.40. The van der Waals surface area contributed by atoms with Crippen molar-refractivity contribution in [1.29, 1.82) is 0 Å². The molecular weight excluding hydrogens is 188 g/mol. The quantitative estimate of drug-likeness (QED) is 0.712. The molecule has 2 fully saturated rings. The summed E-state index contributed by atoms with van der Waals surface area (Å²) in [5.41, 5.74) is 7.36. The van der Waals surface area contributed by atoms with Crippen LogP contribution in [-0.2, 0) is 4.84 Å². The summed E-state index contributed by atoms with van der Waals surface area (Å²) in [4.78, 5) is 5.59. The molecule has 0 amide bonds. The molecule has 2 saturated carbocycles. The van der Waals surface area contributed by atoms with E-state index in [1.165, 1.54) is 18.6 Å². The van der Waals surface area contributed by atoms with Crippen LogP contribution in [-0.4, -0.2) is 17.4 Å². The lowest BCUT2D eigenvalue weighted by atomic mass is 9.83. The highest BCUT2D eigenvalue weighted by Gasteiger charge is 2.28. The maximum atomic E-state index is 6.07. The number of rotatable bonds is 2. The van der Waals surface area contributed by atoms with Gasteiger partial charge in [-0.15, -0.1) is 0 Å². The molecule has 0 atom stereocenters. The number of nitrogens with two attached hydrogens (primary N) is 1. The Hall–Kier alpha value is -0.570. The van der Waals surface area contributed by atoms with E-state index in [1.54, 1.807) is 0 Å². The fourth-order valence-corrected chi connectivity index (χ4v) is 2.38. The van der Waals surface area contributed by atoms with Crippen molar-refractivity contribution in [3.8, 4) is 0 Å². The molecule has 2 N–H and O–H groups in total. The lowest BCUT2D eigenvalue weighted by Crippen LogP contribution is -2.41. The summed E-state index contributed by atoms with van der Waals surface area (Å²) in [5.74, 6) is 0. The maximum Gasteiger partial charge on any atom is 0.127 e. The predicted molar refractivity (Wildman–Crippen MR) is 61.8 cm³/mol. The van der Waals surface area contributed by atoms with E-state index in [0.717, 1.165) is 38.5 Å². The highest BCUT2D eigenvalue weighted by atomic mass is 16.6. The molecule has 86 valence electrons. The third kappa shape index (κ3) is 3.20. The third-order valence-corrected chi connectivity index (χ3v) is 3.59. The fraction of sp³-hybridized carbons (Fsp3) is 0.917. The first kappa shape index (κ1) is 10.9. The van der Waals surface area contributed by atoms with Crippen LogP contribution in [0.15, 0.2) is 5.16 Å². The summed E-state index contributed by atoms with van der Waals surface area (Å²) >= 11 is 0. The first-order chi connectivity index (χ1) is 7.16. The van der Waals surface area contributed by atoms with E-state index >= 15 is 0 Å². The number of nitrogens with zero attached hydrogens (tertiary/aromatic N) is 1. The Bertz CT molecular complexity index is 230. The van der Waals surface area contributed by atoms with Crippen molar-refractivity contribution in [3.05, 3.63) is 0 Å². The van der Waals surface area contributed by atoms with E-state index in [0.29, 0.717) is 6.10 Å². The number of hydrogen-bond acceptors (Lipinski definition) is 3. The molecule has 0 heterocycles. The van der Waals surface area contributed by atoms with E-state index in [9.17, 15) is 0 Å². The van der Waals surface area contributed by atoms with E-state index in [2.05, 4.69) is 12.1 Å². The van der Waals surface area contributed by atoms with E-state index in [1.807, 2.05) is 0 Å². The Balaban J connectivity index is 1.74. The molecule has 0 radical (unpaired) electrons. The normalized spacial score (nSPS) is 36.7. The Kier molecular flexibility index (Phi) is 3.29. The van der Waals surface area contributed by atoms with Crippen LogP contribution >= 0.6 is 0 Å². The molecule has 0 aromatic heterocycles. The van der Waals surface area contributed by atoms with Crippen molar-refractivity contribution < 1.29 is 4.84 Å². The highest BCUT2D eigenvalue weighted by Crippen LogP contribution is 2.28. The average Bonchev–Trinajstić information content (AvgIpc) is 2.69. The molecule has 0 aromatic rings. The molecule has 15 heavy (non-hydrogen) atoms. The van der Waals surface area contributed by atoms with Gasteiger partial charge in [-0.2, -0.15) is 0 Å². The Labute approximate surface area is 92.0 Å². The number of oxime groups is 1. The first-order valence-corrected chi connectivity index (χ1v) is 6.16. The van der Waals surface area contributed by atoms with Crippen molar-refractivity contribution in [2.24, 2.45) is 10.9 Å². The van der Waals surface area contributed by atoms with Gasteiger partial charge in [0, 0.05) is 5.54 Å². The molecule has 0 bridgehead atoms. The van der Waals surface area contributed by atoms with Gasteiger partial charge in [0.1, 0.15) is 6.10 Å². The smallest absolute Gasteiger partial charge is 0.127 e. The summed E-state index contributed by atoms with van der Waals surface area (Å²) in [6.45, 7) is 2.13. The predicted octanol–water partition coefficient (Wildman–Crippen LogP) is 2.59. The SMILES string of the molecule is CC1(N)CCC(ON=C2CCCC2)CC1. The Morgan fingerprint density at radius 3 is 2.47 bits per heavy atom. The topological polar surface area (TPSA) is 47.6 Å². The van der Waals surface area contributed by atoms with Gasteiger partial charge in [-0.05, 0) is 58.3 Å². The van der Waals surface area contributed by atoms with Crippen LogP contribution in [0.5, 0.6) is 0 Å². The molecule has 0 spiro atoms. The van der Waals surface area contributed by atoms with Gasteiger partial charge in [0.05, 0.1) is 5.71 Å². The van der Waals surface area contributed by atoms with Gasteiger partial charge in [-0.25, -0.2) is 0 Å². The minimum Gasteiger partial charge on any atom is -0.393 e. The standard InChI is InChI=1S/C12H22N2O/c1-12(13)8-6-11(7-9-12)15-14-10-4-2-3-5-10/h11H,2-9,13H2,1H3. The molecule has 2 aliphatic carbocycles. The van der Waals surface area contributed by atoms with Gasteiger partial charge in [0.15, 0.2) is 0 Å². The number of hydrogen-bond donors (Lipinski definition) is 1. The van der Waals surface area contributed by atoms with Crippen LogP contribution in [0, 0.1) is 0 Å². The van der Waals surface area contributed by atoms with Crippen LogP contribution in [0.3, 0.4) is 0 Å². The maximum absolute atomic E-state index is 6.07. The zero-order chi connectivity index (χ0) is 10.7.